The quantitative estimate of drug-likeness (QED) is 0.707. The minimum absolute atomic E-state index is 0.0288. The fourth-order valence-corrected chi connectivity index (χ4v) is 4.28. The summed E-state index contributed by atoms with van der Waals surface area (Å²) in [5.41, 5.74) is 1.71. The Morgan fingerprint density at radius 2 is 2.00 bits per heavy atom. The summed E-state index contributed by atoms with van der Waals surface area (Å²) in [6, 6.07) is 9.83. The predicted molar refractivity (Wildman–Crippen MR) is 101 cm³/mol. The molecule has 1 aliphatic rings. The maximum atomic E-state index is 12.4. The molecule has 0 bridgehead atoms. The molecule has 0 aliphatic heterocycles. The number of hydrogen-bond acceptors (Lipinski definition) is 6. The van der Waals surface area contributed by atoms with E-state index in [0.29, 0.717) is 29.2 Å². The van der Waals surface area contributed by atoms with E-state index in [1.54, 1.807) is 6.92 Å². The van der Waals surface area contributed by atoms with Crippen LogP contribution < -0.4 is 5.32 Å². The summed E-state index contributed by atoms with van der Waals surface area (Å²) in [5.74, 6) is 1.53. The van der Waals surface area contributed by atoms with E-state index in [-0.39, 0.29) is 5.91 Å². The Labute approximate surface area is 155 Å². The number of benzene rings is 1. The van der Waals surface area contributed by atoms with Gasteiger partial charge < -0.3 is 9.84 Å². The van der Waals surface area contributed by atoms with E-state index in [1.807, 2.05) is 30.3 Å². The summed E-state index contributed by atoms with van der Waals surface area (Å²) in [5, 5.41) is 7.55. The summed E-state index contributed by atoms with van der Waals surface area (Å²) in [7, 11) is 0. The second-order valence-corrected chi connectivity index (χ2v) is 7.60. The van der Waals surface area contributed by atoms with Gasteiger partial charge in [-0.1, -0.05) is 59.7 Å². The first-order valence-electron chi connectivity index (χ1n) is 8.86. The highest BCUT2D eigenvalue weighted by Crippen LogP contribution is 2.38. The van der Waals surface area contributed by atoms with Gasteiger partial charge in [-0.05, 0) is 18.8 Å². The predicted octanol–water partition coefficient (Wildman–Crippen LogP) is 4.69. The first kappa shape index (κ1) is 16.9. The van der Waals surface area contributed by atoms with Gasteiger partial charge in [0.15, 0.2) is 5.13 Å². The average molecular weight is 368 g/mol. The molecule has 0 unspecified atom stereocenters. The third kappa shape index (κ3) is 3.67. The van der Waals surface area contributed by atoms with Crippen molar-refractivity contribution in [3.8, 4) is 22.0 Å². The molecule has 134 valence electrons. The number of carbonyl (C=O) groups excluding carboxylic acids is 1. The summed E-state index contributed by atoms with van der Waals surface area (Å²) in [6.45, 7) is 1.75. The van der Waals surface area contributed by atoms with Gasteiger partial charge in [0.1, 0.15) is 4.88 Å². The van der Waals surface area contributed by atoms with Crippen LogP contribution in [0.5, 0.6) is 0 Å². The van der Waals surface area contributed by atoms with Gasteiger partial charge in [0.25, 0.3) is 0 Å². The molecule has 1 saturated carbocycles. The van der Waals surface area contributed by atoms with Crippen molar-refractivity contribution in [2.24, 2.45) is 5.92 Å². The maximum absolute atomic E-state index is 12.4. The van der Waals surface area contributed by atoms with E-state index in [2.05, 4.69) is 20.4 Å². The number of amides is 1. The van der Waals surface area contributed by atoms with Crippen molar-refractivity contribution in [2.45, 2.75) is 39.0 Å². The molecule has 0 atom stereocenters. The third-order valence-corrected chi connectivity index (χ3v) is 5.57. The Balaban J connectivity index is 1.61. The Morgan fingerprint density at radius 3 is 2.69 bits per heavy atom. The van der Waals surface area contributed by atoms with Crippen LogP contribution in [-0.2, 0) is 4.79 Å². The van der Waals surface area contributed by atoms with Crippen molar-refractivity contribution >= 4 is 22.4 Å². The van der Waals surface area contributed by atoms with Crippen LogP contribution in [0.15, 0.2) is 34.9 Å². The third-order valence-electron chi connectivity index (χ3n) is 4.60. The van der Waals surface area contributed by atoms with Gasteiger partial charge in [-0.25, -0.2) is 4.98 Å². The molecular formula is C19H20N4O2S. The Kier molecular flexibility index (Phi) is 4.79. The van der Waals surface area contributed by atoms with Crippen LogP contribution in [0.3, 0.4) is 0 Å². The van der Waals surface area contributed by atoms with Crippen molar-refractivity contribution in [3.05, 3.63) is 36.2 Å². The van der Waals surface area contributed by atoms with Crippen molar-refractivity contribution in [1.82, 2.24) is 15.1 Å². The van der Waals surface area contributed by atoms with Crippen LogP contribution in [0.1, 0.15) is 38.0 Å². The van der Waals surface area contributed by atoms with Crippen LogP contribution in [0.4, 0.5) is 5.13 Å². The molecule has 1 aromatic carbocycles. The van der Waals surface area contributed by atoms with E-state index in [9.17, 15) is 4.79 Å². The Hall–Kier alpha value is -2.54. The van der Waals surface area contributed by atoms with Gasteiger partial charge in [0.05, 0.1) is 5.69 Å². The first-order valence-corrected chi connectivity index (χ1v) is 9.67. The van der Waals surface area contributed by atoms with E-state index in [0.717, 1.165) is 29.0 Å². The monoisotopic (exact) mass is 368 g/mol. The van der Waals surface area contributed by atoms with E-state index < -0.39 is 0 Å². The second kappa shape index (κ2) is 7.37. The minimum atomic E-state index is 0.0288. The molecule has 7 heteroatoms. The number of thiazole rings is 1. The molecule has 0 saturated heterocycles. The van der Waals surface area contributed by atoms with E-state index >= 15 is 0 Å². The van der Waals surface area contributed by atoms with Crippen LogP contribution >= 0.6 is 11.3 Å². The van der Waals surface area contributed by atoms with Gasteiger partial charge in [-0.3, -0.25) is 4.79 Å². The molecule has 4 rings (SSSR count). The number of rotatable bonds is 5. The molecular weight excluding hydrogens is 348 g/mol. The fourth-order valence-electron chi connectivity index (χ4n) is 3.36. The van der Waals surface area contributed by atoms with Crippen molar-refractivity contribution in [2.75, 3.05) is 5.32 Å². The van der Waals surface area contributed by atoms with Gasteiger partial charge in [0.2, 0.25) is 17.6 Å². The molecule has 0 radical (unpaired) electrons. The van der Waals surface area contributed by atoms with Crippen molar-refractivity contribution < 1.29 is 9.32 Å². The topological polar surface area (TPSA) is 80.9 Å². The van der Waals surface area contributed by atoms with Crippen LogP contribution in [0.25, 0.3) is 22.0 Å². The molecule has 2 heterocycles. The number of aryl methyl sites for hydroxylation is 1. The highest BCUT2D eigenvalue weighted by atomic mass is 32.1. The molecule has 26 heavy (non-hydrogen) atoms. The lowest BCUT2D eigenvalue weighted by Crippen LogP contribution is -2.14. The van der Waals surface area contributed by atoms with E-state index in [1.165, 1.54) is 24.2 Å². The largest absolute Gasteiger partial charge is 0.339 e. The summed E-state index contributed by atoms with van der Waals surface area (Å²) >= 11 is 1.38. The molecule has 0 spiro atoms. The average Bonchev–Trinajstić information content (AvgIpc) is 3.37. The van der Waals surface area contributed by atoms with Crippen LogP contribution in [-0.4, -0.2) is 21.0 Å². The summed E-state index contributed by atoms with van der Waals surface area (Å²) in [4.78, 5) is 22.1. The second-order valence-electron chi connectivity index (χ2n) is 6.60. The lowest BCUT2D eigenvalue weighted by atomic mass is 10.0. The standard InChI is InChI=1S/C19H20N4O2S/c1-12-20-18(23-25-12)17-16(14-9-3-2-4-10-14)22-19(26-17)21-15(24)11-13-7-5-6-8-13/h2-4,9-10,13H,5-8,11H2,1H3,(H,21,22,24). The van der Waals surface area contributed by atoms with Crippen molar-refractivity contribution in [1.29, 1.82) is 0 Å². The molecule has 6 nitrogen and oxygen atoms in total. The lowest BCUT2D eigenvalue weighted by Gasteiger charge is -2.07. The van der Waals surface area contributed by atoms with Crippen molar-refractivity contribution in [3.63, 3.8) is 0 Å². The Bertz CT molecular complexity index is 897. The summed E-state index contributed by atoms with van der Waals surface area (Å²) < 4.78 is 5.12. The Morgan fingerprint density at radius 1 is 1.23 bits per heavy atom. The maximum Gasteiger partial charge on any atom is 0.226 e. The molecule has 3 aromatic rings. The molecule has 1 fully saturated rings. The normalized spacial score (nSPS) is 14.7. The molecule has 1 amide bonds. The number of carbonyl (C=O) groups is 1. The van der Waals surface area contributed by atoms with Crippen LogP contribution in [0, 0.1) is 12.8 Å². The number of hydrogen-bond donors (Lipinski definition) is 1. The highest BCUT2D eigenvalue weighted by molar-refractivity contribution is 7.19. The zero-order valence-electron chi connectivity index (χ0n) is 14.6. The lowest BCUT2D eigenvalue weighted by molar-refractivity contribution is -0.117. The zero-order valence-corrected chi connectivity index (χ0v) is 15.4. The van der Waals surface area contributed by atoms with Crippen LogP contribution in [0.2, 0.25) is 0 Å². The number of nitrogens with one attached hydrogen (secondary N) is 1. The number of aromatic nitrogens is 3. The minimum Gasteiger partial charge on any atom is -0.339 e. The van der Waals surface area contributed by atoms with E-state index in [4.69, 9.17) is 4.52 Å². The highest BCUT2D eigenvalue weighted by Gasteiger charge is 2.22. The smallest absolute Gasteiger partial charge is 0.226 e. The molecule has 2 aromatic heterocycles. The van der Waals surface area contributed by atoms with Gasteiger partial charge >= 0.3 is 0 Å². The summed E-state index contributed by atoms with van der Waals surface area (Å²) in [6.07, 6.45) is 5.32. The zero-order chi connectivity index (χ0) is 17.9. The fraction of sp³-hybridized carbons (Fsp3) is 0.368. The van der Waals surface area contributed by atoms with Gasteiger partial charge in [0, 0.05) is 18.9 Å². The first-order chi connectivity index (χ1) is 12.7. The number of anilines is 1. The van der Waals surface area contributed by atoms with Gasteiger partial charge in [-0.15, -0.1) is 0 Å². The molecule has 1 aliphatic carbocycles. The number of nitrogens with zero attached hydrogens (tertiary/aromatic N) is 3. The molecule has 1 N–H and O–H groups in total. The van der Waals surface area contributed by atoms with Gasteiger partial charge in [-0.2, -0.15) is 4.98 Å². The SMILES string of the molecule is Cc1nc(-c2sc(NC(=O)CC3CCCC3)nc2-c2ccccc2)no1.